The van der Waals surface area contributed by atoms with Crippen molar-refractivity contribution >= 4 is 5.69 Å². The quantitative estimate of drug-likeness (QED) is 0.877. The van der Waals surface area contributed by atoms with Gasteiger partial charge in [0.2, 0.25) is 0 Å². The zero-order valence-corrected chi connectivity index (χ0v) is 10.1. The minimum absolute atomic E-state index is 0.0283. The Bertz CT molecular complexity index is 448. The molecule has 4 heteroatoms. The first-order valence-corrected chi connectivity index (χ1v) is 5.62. The Labute approximate surface area is 101 Å². The lowest BCUT2D eigenvalue weighted by Crippen LogP contribution is -2.16. The van der Waals surface area contributed by atoms with Gasteiger partial charge in [0.15, 0.2) is 0 Å². The van der Waals surface area contributed by atoms with E-state index in [9.17, 15) is 0 Å². The molecular formula is C13H17N3O. The van der Waals surface area contributed by atoms with E-state index in [-0.39, 0.29) is 6.04 Å². The summed E-state index contributed by atoms with van der Waals surface area (Å²) in [4.78, 5) is 6.41. The fourth-order valence-corrected chi connectivity index (χ4v) is 1.62. The van der Waals surface area contributed by atoms with Gasteiger partial charge in [0.05, 0.1) is 30.4 Å². The van der Waals surface area contributed by atoms with Gasteiger partial charge in [-0.1, -0.05) is 0 Å². The average molecular weight is 231 g/mol. The molecular weight excluding hydrogens is 214 g/mol. The largest absolute Gasteiger partial charge is 0.467 e. The summed E-state index contributed by atoms with van der Waals surface area (Å²) in [5.74, 6) is 0.934. The summed E-state index contributed by atoms with van der Waals surface area (Å²) in [5, 5.41) is 0. The lowest BCUT2D eigenvalue weighted by atomic mass is 10.2. The summed E-state index contributed by atoms with van der Waals surface area (Å²) in [5.41, 5.74) is 7.71. The molecule has 2 heterocycles. The van der Waals surface area contributed by atoms with Crippen LogP contribution in [0.1, 0.15) is 24.4 Å². The highest BCUT2D eigenvalue weighted by molar-refractivity contribution is 5.44. The van der Waals surface area contributed by atoms with Gasteiger partial charge >= 0.3 is 0 Å². The lowest BCUT2D eigenvalue weighted by Gasteiger charge is -2.18. The second kappa shape index (κ2) is 5.01. The summed E-state index contributed by atoms with van der Waals surface area (Å²) in [6.45, 7) is 2.65. The van der Waals surface area contributed by atoms with E-state index in [1.165, 1.54) is 0 Å². The Balaban J connectivity index is 2.06. The Kier molecular flexibility index (Phi) is 3.44. The van der Waals surface area contributed by atoms with Crippen LogP contribution in [0.15, 0.2) is 41.1 Å². The van der Waals surface area contributed by atoms with Crippen LogP contribution in [0.3, 0.4) is 0 Å². The zero-order valence-electron chi connectivity index (χ0n) is 10.1. The summed E-state index contributed by atoms with van der Waals surface area (Å²) in [6, 6.07) is 7.80. The summed E-state index contributed by atoms with van der Waals surface area (Å²) < 4.78 is 5.31. The molecule has 0 bridgehead atoms. The molecule has 0 radical (unpaired) electrons. The molecule has 2 N–H and O–H groups in total. The van der Waals surface area contributed by atoms with Crippen molar-refractivity contribution in [2.24, 2.45) is 5.73 Å². The molecule has 0 unspecified atom stereocenters. The Morgan fingerprint density at radius 1 is 1.41 bits per heavy atom. The lowest BCUT2D eigenvalue weighted by molar-refractivity contribution is 0.507. The van der Waals surface area contributed by atoms with E-state index in [2.05, 4.69) is 9.88 Å². The van der Waals surface area contributed by atoms with Crippen LogP contribution in [0, 0.1) is 0 Å². The molecule has 2 rings (SSSR count). The minimum atomic E-state index is -0.0283. The highest BCUT2D eigenvalue weighted by atomic mass is 16.3. The van der Waals surface area contributed by atoms with E-state index in [0.717, 1.165) is 23.7 Å². The fraction of sp³-hybridized carbons (Fsp3) is 0.308. The molecule has 90 valence electrons. The number of anilines is 1. The highest BCUT2D eigenvalue weighted by Crippen LogP contribution is 2.16. The summed E-state index contributed by atoms with van der Waals surface area (Å²) in [6.07, 6.45) is 3.52. The van der Waals surface area contributed by atoms with E-state index in [1.54, 1.807) is 6.26 Å². The van der Waals surface area contributed by atoms with Crippen LogP contribution in [0.5, 0.6) is 0 Å². The predicted octanol–water partition coefficient (Wildman–Crippen LogP) is 2.33. The molecule has 0 aliphatic carbocycles. The van der Waals surface area contributed by atoms with Gasteiger partial charge in [-0.25, -0.2) is 0 Å². The number of aromatic nitrogens is 1. The van der Waals surface area contributed by atoms with Gasteiger partial charge in [-0.2, -0.15) is 0 Å². The third kappa shape index (κ3) is 2.85. The predicted molar refractivity (Wildman–Crippen MR) is 67.7 cm³/mol. The van der Waals surface area contributed by atoms with Crippen LogP contribution in [-0.2, 0) is 6.54 Å². The fourth-order valence-electron chi connectivity index (χ4n) is 1.62. The number of hydrogen-bond donors (Lipinski definition) is 1. The van der Waals surface area contributed by atoms with E-state index in [4.69, 9.17) is 10.2 Å². The smallest absolute Gasteiger partial charge is 0.123 e. The molecule has 0 aliphatic rings. The molecule has 0 aromatic carbocycles. The van der Waals surface area contributed by atoms with Gasteiger partial charge < -0.3 is 15.1 Å². The van der Waals surface area contributed by atoms with Gasteiger partial charge in [-0.15, -0.1) is 0 Å². The number of nitrogens with two attached hydrogens (primary N) is 1. The molecule has 0 aliphatic heterocycles. The van der Waals surface area contributed by atoms with Gasteiger partial charge in [0, 0.05) is 13.1 Å². The maximum Gasteiger partial charge on any atom is 0.123 e. The van der Waals surface area contributed by atoms with Gasteiger partial charge in [-0.3, -0.25) is 4.98 Å². The van der Waals surface area contributed by atoms with E-state index in [1.807, 2.05) is 44.4 Å². The molecule has 0 saturated heterocycles. The monoisotopic (exact) mass is 231 g/mol. The van der Waals surface area contributed by atoms with E-state index < -0.39 is 0 Å². The first-order valence-electron chi connectivity index (χ1n) is 5.62. The maximum atomic E-state index is 5.76. The molecule has 17 heavy (non-hydrogen) atoms. The molecule has 2 aromatic rings. The SMILES string of the molecule is C[C@H](N)c1ccc(N(C)Cc2ccco2)cn1. The zero-order chi connectivity index (χ0) is 12.3. The highest BCUT2D eigenvalue weighted by Gasteiger charge is 2.06. The second-order valence-electron chi connectivity index (χ2n) is 4.17. The normalized spacial score (nSPS) is 12.4. The third-order valence-corrected chi connectivity index (χ3v) is 2.65. The van der Waals surface area contributed by atoms with Crippen LogP contribution in [0.25, 0.3) is 0 Å². The van der Waals surface area contributed by atoms with Crippen molar-refractivity contribution in [1.82, 2.24) is 4.98 Å². The number of furan rings is 1. The maximum absolute atomic E-state index is 5.76. The van der Waals surface area contributed by atoms with Crippen molar-refractivity contribution in [3.63, 3.8) is 0 Å². The average Bonchev–Trinajstić information content (AvgIpc) is 2.82. The van der Waals surface area contributed by atoms with Crippen molar-refractivity contribution < 1.29 is 4.42 Å². The molecule has 0 spiro atoms. The third-order valence-electron chi connectivity index (χ3n) is 2.65. The van der Waals surface area contributed by atoms with Gasteiger partial charge in [0.1, 0.15) is 5.76 Å². The molecule has 1 atom stereocenters. The molecule has 0 saturated carbocycles. The molecule has 2 aromatic heterocycles. The van der Waals surface area contributed by atoms with Crippen LogP contribution in [0.4, 0.5) is 5.69 Å². The summed E-state index contributed by atoms with van der Waals surface area (Å²) in [7, 11) is 2.01. The van der Waals surface area contributed by atoms with Crippen molar-refractivity contribution in [3.8, 4) is 0 Å². The molecule has 0 amide bonds. The topological polar surface area (TPSA) is 55.3 Å². The van der Waals surface area contributed by atoms with Gasteiger partial charge in [-0.05, 0) is 31.2 Å². The molecule has 4 nitrogen and oxygen atoms in total. The first-order chi connectivity index (χ1) is 8.16. The molecule has 0 fully saturated rings. The second-order valence-corrected chi connectivity index (χ2v) is 4.17. The number of nitrogens with zero attached hydrogens (tertiary/aromatic N) is 2. The Morgan fingerprint density at radius 3 is 2.76 bits per heavy atom. The van der Waals surface area contributed by atoms with Crippen molar-refractivity contribution in [3.05, 3.63) is 48.2 Å². The van der Waals surface area contributed by atoms with Gasteiger partial charge in [0.25, 0.3) is 0 Å². The Hall–Kier alpha value is -1.81. The minimum Gasteiger partial charge on any atom is -0.467 e. The number of hydrogen-bond acceptors (Lipinski definition) is 4. The van der Waals surface area contributed by atoms with E-state index >= 15 is 0 Å². The standard InChI is InChI=1S/C13H17N3O/c1-10(14)13-6-5-11(8-15-13)16(2)9-12-4-3-7-17-12/h3-8,10H,9,14H2,1-2H3/t10-/m0/s1. The van der Waals surface area contributed by atoms with Crippen LogP contribution in [0.2, 0.25) is 0 Å². The van der Waals surface area contributed by atoms with Crippen molar-refractivity contribution in [1.29, 1.82) is 0 Å². The van der Waals surface area contributed by atoms with Crippen LogP contribution >= 0.6 is 0 Å². The van der Waals surface area contributed by atoms with Crippen LogP contribution < -0.4 is 10.6 Å². The number of rotatable bonds is 4. The van der Waals surface area contributed by atoms with E-state index in [0.29, 0.717) is 0 Å². The van der Waals surface area contributed by atoms with Crippen molar-refractivity contribution in [2.75, 3.05) is 11.9 Å². The summed E-state index contributed by atoms with van der Waals surface area (Å²) >= 11 is 0. The Morgan fingerprint density at radius 2 is 2.24 bits per heavy atom. The number of pyridine rings is 1. The van der Waals surface area contributed by atoms with Crippen molar-refractivity contribution in [2.45, 2.75) is 19.5 Å². The first kappa shape index (κ1) is 11.7. The van der Waals surface area contributed by atoms with Crippen LogP contribution in [-0.4, -0.2) is 12.0 Å².